The Morgan fingerprint density at radius 3 is 2.53 bits per heavy atom. The van der Waals surface area contributed by atoms with Gasteiger partial charge in [0.25, 0.3) is 0 Å². The van der Waals surface area contributed by atoms with Crippen LogP contribution < -0.4 is 5.43 Å². The maximum absolute atomic E-state index is 5.22. The highest BCUT2D eigenvalue weighted by atomic mass is 32.1. The van der Waals surface area contributed by atoms with E-state index in [1.54, 1.807) is 0 Å². The molecule has 19 heavy (non-hydrogen) atoms. The van der Waals surface area contributed by atoms with Crippen molar-refractivity contribution in [3.63, 3.8) is 0 Å². The molecule has 0 amide bonds. The molecule has 0 unspecified atom stereocenters. The molecule has 0 aliphatic heterocycles. The molecular formula is C14H20N4S. The maximum atomic E-state index is 5.22. The Bertz CT molecular complexity index is 568. The van der Waals surface area contributed by atoms with E-state index in [0.29, 0.717) is 4.77 Å². The first kappa shape index (κ1) is 13.8. The zero-order valence-electron chi connectivity index (χ0n) is 11.4. The van der Waals surface area contributed by atoms with Gasteiger partial charge in [0.2, 0.25) is 4.77 Å². The Kier molecular flexibility index (Phi) is 4.74. The highest BCUT2D eigenvalue weighted by molar-refractivity contribution is 7.71. The van der Waals surface area contributed by atoms with Crippen molar-refractivity contribution in [2.75, 3.05) is 5.43 Å². The summed E-state index contributed by atoms with van der Waals surface area (Å²) < 4.78 is 2.49. The molecule has 1 heterocycles. The molecule has 4 nitrogen and oxygen atoms in total. The summed E-state index contributed by atoms with van der Waals surface area (Å²) in [4.78, 5) is 0. The van der Waals surface area contributed by atoms with Crippen LogP contribution >= 0.6 is 12.2 Å². The van der Waals surface area contributed by atoms with Gasteiger partial charge < -0.3 is 5.43 Å². The van der Waals surface area contributed by atoms with E-state index in [-0.39, 0.29) is 0 Å². The summed E-state index contributed by atoms with van der Waals surface area (Å²) in [7, 11) is 0. The lowest BCUT2D eigenvalue weighted by atomic mass is 10.1. The largest absolute Gasteiger partial charge is 0.318 e. The Morgan fingerprint density at radius 1 is 1.21 bits per heavy atom. The molecule has 102 valence electrons. The molecule has 5 heteroatoms. The van der Waals surface area contributed by atoms with Crippen LogP contribution in [0.5, 0.6) is 0 Å². The third kappa shape index (κ3) is 3.44. The first-order valence-electron chi connectivity index (χ1n) is 6.72. The van der Waals surface area contributed by atoms with Gasteiger partial charge in [0, 0.05) is 6.42 Å². The Morgan fingerprint density at radius 2 is 1.89 bits per heavy atom. The predicted molar refractivity (Wildman–Crippen MR) is 80.3 cm³/mol. The van der Waals surface area contributed by atoms with Gasteiger partial charge in [0.1, 0.15) is 0 Å². The van der Waals surface area contributed by atoms with E-state index in [9.17, 15) is 0 Å². The molecule has 0 aliphatic carbocycles. The van der Waals surface area contributed by atoms with Crippen molar-refractivity contribution in [2.24, 2.45) is 0 Å². The molecule has 0 atom stereocenters. The summed E-state index contributed by atoms with van der Waals surface area (Å²) in [5, 5.41) is 7.06. The molecule has 0 fully saturated rings. The smallest absolute Gasteiger partial charge is 0.214 e. The third-order valence-corrected chi connectivity index (χ3v) is 3.36. The Balaban J connectivity index is 2.05. The van der Waals surface area contributed by atoms with Crippen LogP contribution in [0.1, 0.15) is 37.2 Å². The normalized spacial score (nSPS) is 10.6. The number of nitrogens with zero attached hydrogens (tertiary/aromatic N) is 2. The minimum Gasteiger partial charge on any atom is -0.318 e. The molecule has 0 saturated carbocycles. The van der Waals surface area contributed by atoms with Gasteiger partial charge in [0.15, 0.2) is 5.82 Å². The fourth-order valence-corrected chi connectivity index (χ4v) is 2.16. The summed E-state index contributed by atoms with van der Waals surface area (Å²) in [6.45, 7) is 5.04. The fourth-order valence-electron chi connectivity index (χ4n) is 1.95. The maximum Gasteiger partial charge on any atom is 0.214 e. The molecule has 2 aromatic rings. The van der Waals surface area contributed by atoms with Crippen LogP contribution in [0.2, 0.25) is 0 Å². The second kappa shape index (κ2) is 6.52. The van der Waals surface area contributed by atoms with Gasteiger partial charge >= 0.3 is 0 Å². The minimum absolute atomic E-state index is 0.619. The van der Waals surface area contributed by atoms with Crippen molar-refractivity contribution >= 4 is 12.2 Å². The standard InChI is InChI=1S/C14H20N4S/c1-3-5-13-16-17-14(19)18(13)15-10-12-8-6-11(4-2)7-9-12/h6-9,15H,3-5,10H2,1-2H3,(H,17,19). The summed E-state index contributed by atoms with van der Waals surface area (Å²) in [5.41, 5.74) is 5.91. The van der Waals surface area contributed by atoms with E-state index in [4.69, 9.17) is 12.2 Å². The number of hydrogen-bond donors (Lipinski definition) is 2. The summed E-state index contributed by atoms with van der Waals surface area (Å²) in [6, 6.07) is 8.63. The topological polar surface area (TPSA) is 45.6 Å². The van der Waals surface area contributed by atoms with Crippen LogP contribution in [-0.2, 0) is 19.4 Å². The molecule has 1 aromatic carbocycles. The molecule has 2 N–H and O–H groups in total. The molecule has 2 rings (SSSR count). The van der Waals surface area contributed by atoms with Crippen LogP contribution in [0.3, 0.4) is 0 Å². The summed E-state index contributed by atoms with van der Waals surface area (Å²) in [5.74, 6) is 0.956. The molecule has 0 saturated heterocycles. The average molecular weight is 276 g/mol. The molecular weight excluding hydrogens is 256 g/mol. The lowest BCUT2D eigenvalue weighted by Gasteiger charge is -2.10. The quantitative estimate of drug-likeness (QED) is 0.796. The summed E-state index contributed by atoms with van der Waals surface area (Å²) in [6.07, 6.45) is 3.03. The summed E-state index contributed by atoms with van der Waals surface area (Å²) >= 11 is 5.22. The zero-order valence-corrected chi connectivity index (χ0v) is 12.3. The van der Waals surface area contributed by atoms with Crippen LogP contribution in [0.4, 0.5) is 0 Å². The monoisotopic (exact) mass is 276 g/mol. The second-order valence-corrected chi connectivity index (χ2v) is 4.92. The number of benzene rings is 1. The van der Waals surface area contributed by atoms with Crippen molar-refractivity contribution in [2.45, 2.75) is 39.7 Å². The first-order valence-corrected chi connectivity index (χ1v) is 7.13. The number of nitrogens with one attached hydrogen (secondary N) is 2. The number of aryl methyl sites for hydroxylation is 2. The van der Waals surface area contributed by atoms with Gasteiger partial charge in [-0.1, -0.05) is 38.1 Å². The van der Waals surface area contributed by atoms with E-state index in [1.807, 2.05) is 4.68 Å². The van der Waals surface area contributed by atoms with Crippen LogP contribution in [-0.4, -0.2) is 14.9 Å². The zero-order chi connectivity index (χ0) is 13.7. The number of aromatic nitrogens is 3. The highest BCUT2D eigenvalue weighted by Gasteiger charge is 2.04. The van der Waals surface area contributed by atoms with Crippen LogP contribution in [0.15, 0.2) is 24.3 Å². The van der Waals surface area contributed by atoms with Gasteiger partial charge in [-0.15, -0.1) is 0 Å². The third-order valence-electron chi connectivity index (χ3n) is 3.09. The SMILES string of the molecule is CCCc1n[nH]c(=S)n1NCc1ccc(CC)cc1. The number of hydrogen-bond acceptors (Lipinski definition) is 3. The second-order valence-electron chi connectivity index (χ2n) is 4.54. The molecule has 0 aliphatic rings. The first-order chi connectivity index (χ1) is 9.24. The lowest BCUT2D eigenvalue weighted by Crippen LogP contribution is -2.17. The molecule has 1 aromatic heterocycles. The highest BCUT2D eigenvalue weighted by Crippen LogP contribution is 2.06. The number of aromatic amines is 1. The molecule has 0 bridgehead atoms. The Labute approximate surface area is 118 Å². The van der Waals surface area contributed by atoms with Crippen LogP contribution in [0.25, 0.3) is 0 Å². The van der Waals surface area contributed by atoms with E-state index in [0.717, 1.165) is 31.6 Å². The van der Waals surface area contributed by atoms with Gasteiger partial charge in [-0.25, -0.2) is 4.68 Å². The average Bonchev–Trinajstić information content (AvgIpc) is 2.78. The molecule has 0 spiro atoms. The minimum atomic E-state index is 0.619. The van der Waals surface area contributed by atoms with Gasteiger partial charge in [-0.2, -0.15) is 5.10 Å². The lowest BCUT2D eigenvalue weighted by molar-refractivity contribution is 0.731. The van der Waals surface area contributed by atoms with Gasteiger partial charge in [0.05, 0.1) is 6.54 Å². The van der Waals surface area contributed by atoms with Crippen LogP contribution in [0, 0.1) is 4.77 Å². The van der Waals surface area contributed by atoms with E-state index in [1.165, 1.54) is 11.1 Å². The van der Waals surface area contributed by atoms with Gasteiger partial charge in [-0.3, -0.25) is 5.10 Å². The van der Waals surface area contributed by atoms with E-state index < -0.39 is 0 Å². The van der Waals surface area contributed by atoms with Crippen molar-refractivity contribution in [1.29, 1.82) is 0 Å². The van der Waals surface area contributed by atoms with Crippen molar-refractivity contribution < 1.29 is 0 Å². The van der Waals surface area contributed by atoms with E-state index in [2.05, 4.69) is 53.7 Å². The number of rotatable bonds is 6. The predicted octanol–water partition coefficient (Wildman–Crippen LogP) is 3.20. The number of H-pyrrole nitrogens is 1. The van der Waals surface area contributed by atoms with E-state index >= 15 is 0 Å². The Hall–Kier alpha value is -1.62. The molecule has 0 radical (unpaired) electrons. The fraction of sp³-hybridized carbons (Fsp3) is 0.429. The van der Waals surface area contributed by atoms with Gasteiger partial charge in [-0.05, 0) is 36.2 Å². The van der Waals surface area contributed by atoms with Crippen molar-refractivity contribution in [3.8, 4) is 0 Å². The van der Waals surface area contributed by atoms with Crippen molar-refractivity contribution in [3.05, 3.63) is 46.0 Å². The van der Waals surface area contributed by atoms with Crippen molar-refractivity contribution in [1.82, 2.24) is 14.9 Å².